The Hall–Kier alpha value is -0.310. The lowest BCUT2D eigenvalue weighted by Gasteiger charge is -2.15. The normalized spacial score (nSPS) is 40.1. The van der Waals surface area contributed by atoms with Crippen molar-refractivity contribution in [2.45, 2.75) is 4.83 Å². The number of halogens is 1. The first kappa shape index (κ1) is 7.35. The zero-order valence-corrected chi connectivity index (χ0v) is 7.75. The molecule has 3 heteroatoms. The largest absolute Gasteiger partial charge is 0.339 e. The van der Waals surface area contributed by atoms with E-state index in [4.69, 9.17) is 0 Å². The van der Waals surface area contributed by atoms with E-state index in [-0.39, 0.29) is 5.91 Å². The predicted molar refractivity (Wildman–Crippen MR) is 46.5 cm³/mol. The summed E-state index contributed by atoms with van der Waals surface area (Å²) in [5, 5.41) is 0. The fourth-order valence-corrected chi connectivity index (χ4v) is 2.71. The maximum absolute atomic E-state index is 11.1. The van der Waals surface area contributed by atoms with Crippen molar-refractivity contribution in [2.75, 3.05) is 13.1 Å². The van der Waals surface area contributed by atoms with Crippen molar-refractivity contribution in [3.05, 3.63) is 12.7 Å². The van der Waals surface area contributed by atoms with Gasteiger partial charge >= 0.3 is 0 Å². The number of amides is 1. The number of likely N-dealkylation sites (tertiary alicyclic amines) is 1. The Morgan fingerprint density at radius 1 is 1.55 bits per heavy atom. The third kappa shape index (κ3) is 1.02. The van der Waals surface area contributed by atoms with Crippen molar-refractivity contribution in [1.82, 2.24) is 4.90 Å². The molecule has 3 atom stereocenters. The first-order valence-electron chi connectivity index (χ1n) is 3.79. The fourth-order valence-electron chi connectivity index (χ4n) is 1.76. The molecule has 1 aliphatic carbocycles. The van der Waals surface area contributed by atoms with Crippen LogP contribution >= 0.6 is 15.9 Å². The lowest BCUT2D eigenvalue weighted by molar-refractivity contribution is -0.125. The van der Waals surface area contributed by atoms with Gasteiger partial charge in [0.15, 0.2) is 0 Å². The van der Waals surface area contributed by atoms with E-state index < -0.39 is 0 Å². The minimum absolute atomic E-state index is 0.0805. The van der Waals surface area contributed by atoms with E-state index in [1.165, 1.54) is 6.08 Å². The van der Waals surface area contributed by atoms with E-state index in [0.29, 0.717) is 4.83 Å². The zero-order chi connectivity index (χ0) is 8.01. The Balaban J connectivity index is 1.94. The van der Waals surface area contributed by atoms with Gasteiger partial charge in [0, 0.05) is 17.9 Å². The van der Waals surface area contributed by atoms with Gasteiger partial charge < -0.3 is 4.90 Å². The lowest BCUT2D eigenvalue weighted by atomic mass is 10.4. The number of carbonyl (C=O) groups is 1. The number of hydrogen-bond acceptors (Lipinski definition) is 1. The van der Waals surface area contributed by atoms with Crippen molar-refractivity contribution >= 4 is 21.8 Å². The summed E-state index contributed by atoms with van der Waals surface area (Å²) in [7, 11) is 0. The van der Waals surface area contributed by atoms with Crippen LogP contribution in [0, 0.1) is 11.8 Å². The lowest BCUT2D eigenvalue weighted by Crippen LogP contribution is -2.29. The molecule has 1 heterocycles. The maximum atomic E-state index is 11.1. The van der Waals surface area contributed by atoms with Gasteiger partial charge in [-0.05, 0) is 17.9 Å². The Morgan fingerprint density at radius 2 is 2.09 bits per heavy atom. The SMILES string of the molecule is C=CC(=O)N1C[C@@H]2C(Br)[C@@H]2C1. The zero-order valence-electron chi connectivity index (χ0n) is 6.16. The van der Waals surface area contributed by atoms with Gasteiger partial charge in [0.2, 0.25) is 5.91 Å². The van der Waals surface area contributed by atoms with Gasteiger partial charge in [-0.25, -0.2) is 0 Å². The second-order valence-corrected chi connectivity index (χ2v) is 4.28. The molecule has 0 aromatic heterocycles. The molecule has 1 amide bonds. The Bertz CT molecular complexity index is 204. The highest BCUT2D eigenvalue weighted by atomic mass is 79.9. The molecule has 1 unspecified atom stereocenters. The number of rotatable bonds is 1. The van der Waals surface area contributed by atoms with E-state index in [2.05, 4.69) is 22.5 Å². The molecule has 0 aromatic carbocycles. The van der Waals surface area contributed by atoms with Gasteiger partial charge in [-0.2, -0.15) is 0 Å². The standard InChI is InChI=1S/C8H10BrNO/c1-2-7(11)10-3-5-6(4-10)8(5)9/h2,5-6,8H,1,3-4H2/t5-,6+,8?. The highest BCUT2D eigenvalue weighted by molar-refractivity contribution is 9.09. The van der Waals surface area contributed by atoms with Crippen molar-refractivity contribution < 1.29 is 4.79 Å². The quantitative estimate of drug-likeness (QED) is 0.473. The van der Waals surface area contributed by atoms with Crippen molar-refractivity contribution in [3.8, 4) is 0 Å². The molecule has 0 bridgehead atoms. The minimum atomic E-state index is 0.0805. The van der Waals surface area contributed by atoms with Crippen LogP contribution in [0.1, 0.15) is 0 Å². The summed E-state index contributed by atoms with van der Waals surface area (Å²) in [5.74, 6) is 1.52. The van der Waals surface area contributed by atoms with Gasteiger partial charge in [-0.1, -0.05) is 22.5 Å². The van der Waals surface area contributed by atoms with Crippen LogP contribution in [0.3, 0.4) is 0 Å². The Labute approximate surface area is 74.4 Å². The molecule has 2 aliphatic rings. The molecular weight excluding hydrogens is 206 g/mol. The smallest absolute Gasteiger partial charge is 0.245 e. The Morgan fingerprint density at radius 3 is 2.55 bits per heavy atom. The molecule has 60 valence electrons. The van der Waals surface area contributed by atoms with Crippen molar-refractivity contribution in [1.29, 1.82) is 0 Å². The van der Waals surface area contributed by atoms with E-state index in [0.717, 1.165) is 24.9 Å². The van der Waals surface area contributed by atoms with Gasteiger partial charge in [-0.15, -0.1) is 0 Å². The summed E-state index contributed by atoms with van der Waals surface area (Å²) in [6.45, 7) is 5.31. The summed E-state index contributed by atoms with van der Waals surface area (Å²) in [4.78, 5) is 13.6. The average molecular weight is 216 g/mol. The summed E-state index contributed by atoms with van der Waals surface area (Å²) < 4.78 is 0. The predicted octanol–water partition coefficient (Wildman–Crippen LogP) is 1.02. The maximum Gasteiger partial charge on any atom is 0.245 e. The average Bonchev–Trinajstić information content (AvgIpc) is 2.55. The minimum Gasteiger partial charge on any atom is -0.339 e. The molecule has 1 saturated heterocycles. The number of piperidine rings is 1. The van der Waals surface area contributed by atoms with Crippen molar-refractivity contribution in [2.24, 2.45) is 11.8 Å². The summed E-state index contributed by atoms with van der Waals surface area (Å²) in [6.07, 6.45) is 1.40. The van der Waals surface area contributed by atoms with Crippen LogP contribution in [0.15, 0.2) is 12.7 Å². The molecule has 2 rings (SSSR count). The summed E-state index contributed by atoms with van der Waals surface area (Å²) >= 11 is 3.56. The van der Waals surface area contributed by atoms with Crippen LogP contribution in [0.2, 0.25) is 0 Å². The van der Waals surface area contributed by atoms with Crippen LogP contribution in [0.4, 0.5) is 0 Å². The second kappa shape index (κ2) is 2.34. The monoisotopic (exact) mass is 215 g/mol. The highest BCUT2D eigenvalue weighted by Crippen LogP contribution is 2.50. The number of carbonyl (C=O) groups excluding carboxylic acids is 1. The van der Waals surface area contributed by atoms with E-state index in [1.807, 2.05) is 4.90 Å². The van der Waals surface area contributed by atoms with Crippen LogP contribution < -0.4 is 0 Å². The number of alkyl halides is 1. The molecule has 11 heavy (non-hydrogen) atoms. The van der Waals surface area contributed by atoms with Crippen LogP contribution in [-0.4, -0.2) is 28.7 Å². The molecule has 1 saturated carbocycles. The second-order valence-electron chi connectivity index (χ2n) is 3.22. The molecule has 2 nitrogen and oxygen atoms in total. The summed E-state index contributed by atoms with van der Waals surface area (Å²) in [6, 6.07) is 0. The van der Waals surface area contributed by atoms with Crippen molar-refractivity contribution in [3.63, 3.8) is 0 Å². The number of nitrogens with zero attached hydrogens (tertiary/aromatic N) is 1. The van der Waals surface area contributed by atoms with Gasteiger partial charge in [0.25, 0.3) is 0 Å². The Kier molecular flexibility index (Phi) is 1.56. The molecular formula is C8H10BrNO. The molecule has 0 aromatic rings. The van der Waals surface area contributed by atoms with E-state index in [9.17, 15) is 4.79 Å². The van der Waals surface area contributed by atoms with Crippen LogP contribution in [0.25, 0.3) is 0 Å². The highest BCUT2D eigenvalue weighted by Gasteiger charge is 2.54. The number of fused-ring (bicyclic) bond motifs is 1. The van der Waals surface area contributed by atoms with Gasteiger partial charge in [0.1, 0.15) is 0 Å². The third-order valence-corrected chi connectivity index (χ3v) is 3.93. The topological polar surface area (TPSA) is 20.3 Å². The fraction of sp³-hybridized carbons (Fsp3) is 0.625. The number of hydrogen-bond donors (Lipinski definition) is 0. The van der Waals surface area contributed by atoms with Crippen LogP contribution in [0.5, 0.6) is 0 Å². The van der Waals surface area contributed by atoms with E-state index >= 15 is 0 Å². The molecule has 0 radical (unpaired) electrons. The third-order valence-electron chi connectivity index (χ3n) is 2.58. The van der Waals surface area contributed by atoms with E-state index in [1.54, 1.807) is 0 Å². The van der Waals surface area contributed by atoms with Gasteiger partial charge in [-0.3, -0.25) is 4.79 Å². The first-order chi connectivity index (χ1) is 5.24. The molecule has 0 N–H and O–H groups in total. The molecule has 1 aliphatic heterocycles. The van der Waals surface area contributed by atoms with Gasteiger partial charge in [0.05, 0.1) is 0 Å². The van der Waals surface area contributed by atoms with Crippen LogP contribution in [-0.2, 0) is 4.79 Å². The molecule has 0 spiro atoms. The first-order valence-corrected chi connectivity index (χ1v) is 4.71. The summed E-state index contributed by atoms with van der Waals surface area (Å²) in [5.41, 5.74) is 0. The molecule has 2 fully saturated rings.